The molecule has 4 heterocycles. The van der Waals surface area contributed by atoms with Gasteiger partial charge in [0, 0.05) is 5.69 Å². The van der Waals surface area contributed by atoms with E-state index in [2.05, 4.69) is 5.10 Å². The lowest BCUT2D eigenvalue weighted by Crippen LogP contribution is -2.25. The van der Waals surface area contributed by atoms with Gasteiger partial charge in [-0.1, -0.05) is 30.3 Å². The number of aromatic nitrogens is 6. The van der Waals surface area contributed by atoms with E-state index in [-0.39, 0.29) is 5.56 Å². The van der Waals surface area contributed by atoms with E-state index >= 15 is 0 Å². The molecule has 0 N–H and O–H groups in total. The SMILES string of the molecule is Cc1cc(C)n(-c2nc3c(sc4nc5ccccc5nc43)c(=O)n2-c2ccccc2)n1. The van der Waals surface area contributed by atoms with Gasteiger partial charge in [0.05, 0.1) is 22.4 Å². The molecule has 0 radical (unpaired) electrons. The van der Waals surface area contributed by atoms with Gasteiger partial charge in [0.1, 0.15) is 20.6 Å². The number of aryl methyl sites for hydroxylation is 2. The Hall–Kier alpha value is -3.91. The van der Waals surface area contributed by atoms with Crippen molar-refractivity contribution in [1.29, 1.82) is 0 Å². The fourth-order valence-electron chi connectivity index (χ4n) is 3.84. The van der Waals surface area contributed by atoms with Crippen LogP contribution in [-0.4, -0.2) is 29.3 Å². The maximum atomic E-state index is 13.7. The van der Waals surface area contributed by atoms with Crippen molar-refractivity contribution in [3.05, 3.63) is 82.4 Å². The van der Waals surface area contributed by atoms with E-state index in [1.165, 1.54) is 11.3 Å². The highest BCUT2D eigenvalue weighted by atomic mass is 32.1. The highest BCUT2D eigenvalue weighted by molar-refractivity contribution is 7.25. The summed E-state index contributed by atoms with van der Waals surface area (Å²) >= 11 is 1.33. The lowest BCUT2D eigenvalue weighted by Gasteiger charge is -2.13. The molecule has 4 aromatic heterocycles. The van der Waals surface area contributed by atoms with Crippen molar-refractivity contribution in [2.75, 3.05) is 0 Å². The van der Waals surface area contributed by atoms with E-state index in [4.69, 9.17) is 15.0 Å². The fourth-order valence-corrected chi connectivity index (χ4v) is 4.83. The quantitative estimate of drug-likeness (QED) is 0.413. The zero-order chi connectivity index (χ0) is 21.1. The second-order valence-electron chi connectivity index (χ2n) is 7.37. The van der Waals surface area contributed by atoms with Gasteiger partial charge in [-0.05, 0) is 44.2 Å². The third-order valence-electron chi connectivity index (χ3n) is 5.20. The fraction of sp³-hybridized carbons (Fsp3) is 0.0870. The summed E-state index contributed by atoms with van der Waals surface area (Å²) < 4.78 is 3.84. The van der Waals surface area contributed by atoms with Crippen LogP contribution in [0.1, 0.15) is 11.4 Å². The highest BCUT2D eigenvalue weighted by Crippen LogP contribution is 2.31. The number of hydrogen-bond donors (Lipinski definition) is 0. The molecule has 0 aliphatic carbocycles. The zero-order valence-corrected chi connectivity index (χ0v) is 17.6. The number of para-hydroxylation sites is 3. The van der Waals surface area contributed by atoms with Crippen molar-refractivity contribution in [2.24, 2.45) is 0 Å². The Morgan fingerprint density at radius 2 is 1.55 bits per heavy atom. The first kappa shape index (κ1) is 17.9. The van der Waals surface area contributed by atoms with E-state index in [1.807, 2.05) is 74.5 Å². The summed E-state index contributed by atoms with van der Waals surface area (Å²) in [4.78, 5) is 28.9. The summed E-state index contributed by atoms with van der Waals surface area (Å²) in [6.45, 7) is 3.87. The van der Waals surface area contributed by atoms with Gasteiger partial charge in [-0.25, -0.2) is 24.2 Å². The van der Waals surface area contributed by atoms with Gasteiger partial charge < -0.3 is 0 Å². The second kappa shape index (κ2) is 6.55. The minimum absolute atomic E-state index is 0.160. The summed E-state index contributed by atoms with van der Waals surface area (Å²) in [5.74, 6) is 0.434. The lowest BCUT2D eigenvalue weighted by molar-refractivity contribution is 0.737. The van der Waals surface area contributed by atoms with E-state index < -0.39 is 0 Å². The molecule has 0 spiro atoms. The molecule has 0 atom stereocenters. The molecule has 0 fully saturated rings. The average Bonchev–Trinajstić information content (AvgIpc) is 3.31. The summed E-state index contributed by atoms with van der Waals surface area (Å²) in [5, 5.41) is 4.59. The molecule has 0 saturated carbocycles. The van der Waals surface area contributed by atoms with Gasteiger partial charge in [0.25, 0.3) is 5.56 Å². The molecule has 150 valence electrons. The van der Waals surface area contributed by atoms with Crippen molar-refractivity contribution >= 4 is 42.9 Å². The summed E-state index contributed by atoms with van der Waals surface area (Å²) in [6, 6.07) is 19.2. The Morgan fingerprint density at radius 3 is 2.26 bits per heavy atom. The molecular formula is C23H16N6OS. The van der Waals surface area contributed by atoms with Gasteiger partial charge in [0.2, 0.25) is 5.95 Å². The summed E-state index contributed by atoms with van der Waals surface area (Å²) in [5.41, 5.74) is 5.08. The van der Waals surface area contributed by atoms with Crippen LogP contribution in [-0.2, 0) is 0 Å². The molecule has 0 bridgehead atoms. The maximum absolute atomic E-state index is 13.7. The number of fused-ring (bicyclic) bond motifs is 4. The molecule has 0 aliphatic rings. The molecule has 6 rings (SSSR count). The monoisotopic (exact) mass is 424 g/mol. The summed E-state index contributed by atoms with van der Waals surface area (Å²) in [6.07, 6.45) is 0. The average molecular weight is 424 g/mol. The minimum Gasteiger partial charge on any atom is -0.267 e. The molecule has 0 amide bonds. The molecular weight excluding hydrogens is 408 g/mol. The van der Waals surface area contributed by atoms with Crippen molar-refractivity contribution in [1.82, 2.24) is 29.3 Å². The number of benzene rings is 2. The Labute approximate surface area is 180 Å². The minimum atomic E-state index is -0.160. The second-order valence-corrected chi connectivity index (χ2v) is 8.37. The lowest BCUT2D eigenvalue weighted by atomic mass is 10.3. The predicted octanol–water partition coefficient (Wildman–Crippen LogP) is 4.35. The van der Waals surface area contributed by atoms with Crippen LogP contribution in [0.5, 0.6) is 0 Å². The molecule has 0 saturated heterocycles. The standard InChI is InChI=1S/C23H16N6OS/c1-13-12-14(2)29(27-13)23-26-18-19-21(25-17-11-7-6-10-16(17)24-19)31-20(18)22(30)28(23)15-8-4-3-5-9-15/h3-12H,1-2H3. The van der Waals surface area contributed by atoms with Gasteiger partial charge in [-0.15, -0.1) is 11.3 Å². The van der Waals surface area contributed by atoms with Crippen molar-refractivity contribution in [3.63, 3.8) is 0 Å². The largest absolute Gasteiger partial charge is 0.277 e. The Balaban J connectivity index is 1.79. The van der Waals surface area contributed by atoms with E-state index in [9.17, 15) is 4.79 Å². The first-order valence-corrected chi connectivity index (χ1v) is 10.6. The van der Waals surface area contributed by atoms with Gasteiger partial charge in [0.15, 0.2) is 0 Å². The van der Waals surface area contributed by atoms with Crippen molar-refractivity contribution < 1.29 is 0 Å². The van der Waals surface area contributed by atoms with E-state index in [1.54, 1.807) is 9.25 Å². The van der Waals surface area contributed by atoms with Crippen LogP contribution in [0.2, 0.25) is 0 Å². The zero-order valence-electron chi connectivity index (χ0n) is 16.8. The Morgan fingerprint density at radius 1 is 0.839 bits per heavy atom. The van der Waals surface area contributed by atoms with Crippen LogP contribution in [0, 0.1) is 13.8 Å². The molecule has 0 unspecified atom stereocenters. The van der Waals surface area contributed by atoms with Crippen molar-refractivity contribution in [3.8, 4) is 11.6 Å². The Kier molecular flexibility index (Phi) is 3.78. The van der Waals surface area contributed by atoms with Gasteiger partial charge >= 0.3 is 0 Å². The van der Waals surface area contributed by atoms with E-state index in [0.717, 1.165) is 28.1 Å². The van der Waals surface area contributed by atoms with Crippen molar-refractivity contribution in [2.45, 2.75) is 13.8 Å². The van der Waals surface area contributed by atoms with Crippen LogP contribution in [0.4, 0.5) is 0 Å². The molecule has 0 aliphatic heterocycles. The molecule has 2 aromatic carbocycles. The van der Waals surface area contributed by atoms with Crippen LogP contribution in [0.25, 0.3) is 43.2 Å². The molecule has 8 heteroatoms. The number of hydrogen-bond acceptors (Lipinski definition) is 6. The number of rotatable bonds is 2. The van der Waals surface area contributed by atoms with Crippen LogP contribution >= 0.6 is 11.3 Å². The molecule has 7 nitrogen and oxygen atoms in total. The Bertz CT molecular complexity index is 1680. The van der Waals surface area contributed by atoms with Crippen LogP contribution in [0.3, 0.4) is 0 Å². The normalized spacial score (nSPS) is 11.7. The van der Waals surface area contributed by atoms with Crippen LogP contribution in [0.15, 0.2) is 65.5 Å². The topological polar surface area (TPSA) is 78.5 Å². The van der Waals surface area contributed by atoms with Gasteiger partial charge in [-0.2, -0.15) is 5.10 Å². The predicted molar refractivity (Wildman–Crippen MR) is 122 cm³/mol. The maximum Gasteiger partial charge on any atom is 0.277 e. The number of thiophene rings is 1. The molecule has 6 aromatic rings. The first-order valence-electron chi connectivity index (χ1n) is 9.81. The third-order valence-corrected chi connectivity index (χ3v) is 6.25. The first-order chi connectivity index (χ1) is 15.1. The summed E-state index contributed by atoms with van der Waals surface area (Å²) in [7, 11) is 0. The third kappa shape index (κ3) is 2.69. The molecule has 31 heavy (non-hydrogen) atoms. The highest BCUT2D eigenvalue weighted by Gasteiger charge is 2.21. The number of nitrogens with zero attached hydrogens (tertiary/aromatic N) is 6. The van der Waals surface area contributed by atoms with Gasteiger partial charge in [-0.3, -0.25) is 4.79 Å². The smallest absolute Gasteiger partial charge is 0.267 e. The van der Waals surface area contributed by atoms with E-state index in [0.29, 0.717) is 26.5 Å². The van der Waals surface area contributed by atoms with Crippen LogP contribution < -0.4 is 5.56 Å².